The highest BCUT2D eigenvalue weighted by Gasteiger charge is 2.26. The summed E-state index contributed by atoms with van der Waals surface area (Å²) in [4.78, 5) is 4.26. The zero-order chi connectivity index (χ0) is 25.9. The van der Waals surface area contributed by atoms with Crippen LogP contribution in [-0.2, 0) is 10.0 Å². The molecule has 4 rings (SSSR count). The number of hydrogen-bond donors (Lipinski definition) is 1. The Bertz CT molecular complexity index is 1350. The summed E-state index contributed by atoms with van der Waals surface area (Å²) in [5.74, 6) is 0.296. The second-order valence-electron chi connectivity index (χ2n) is 9.59. The number of halogens is 1. The second-order valence-corrected chi connectivity index (χ2v) is 12.0. The van der Waals surface area contributed by atoms with Crippen LogP contribution in [0.4, 0.5) is 0 Å². The number of nitrogens with zero attached hydrogens (tertiary/aromatic N) is 3. The molecule has 0 unspecified atom stereocenters. The molecule has 1 saturated heterocycles. The van der Waals surface area contributed by atoms with Gasteiger partial charge in [0.1, 0.15) is 0 Å². The zero-order valence-corrected chi connectivity index (χ0v) is 22.4. The van der Waals surface area contributed by atoms with Gasteiger partial charge in [0.05, 0.1) is 12.0 Å². The average molecular weight is 526 g/mol. The molecule has 6 nitrogen and oxygen atoms in total. The second kappa shape index (κ2) is 11.1. The number of sulfonamides is 1. The van der Waals surface area contributed by atoms with Gasteiger partial charge in [0.25, 0.3) is 0 Å². The van der Waals surface area contributed by atoms with Gasteiger partial charge in [-0.25, -0.2) is 12.7 Å². The lowest BCUT2D eigenvalue weighted by molar-refractivity contribution is 0.317. The topological polar surface area (TPSA) is 82.9 Å². The average Bonchev–Trinajstić information content (AvgIpc) is 2.85. The van der Waals surface area contributed by atoms with E-state index in [0.717, 1.165) is 40.8 Å². The van der Waals surface area contributed by atoms with Crippen molar-refractivity contribution in [2.75, 3.05) is 19.3 Å². The van der Waals surface area contributed by atoms with Crippen LogP contribution in [0, 0.1) is 13.8 Å². The number of aromatic nitrogens is 1. The number of aryl methyl sites for hydroxylation is 2. The van der Waals surface area contributed by atoms with Gasteiger partial charge in [-0.1, -0.05) is 47.1 Å². The van der Waals surface area contributed by atoms with Crippen LogP contribution < -0.4 is 0 Å². The van der Waals surface area contributed by atoms with Crippen LogP contribution >= 0.6 is 11.6 Å². The molecule has 1 aliphatic heterocycles. The number of piperidine rings is 1. The number of benzene rings is 2. The minimum atomic E-state index is -3.14. The van der Waals surface area contributed by atoms with E-state index in [2.05, 4.69) is 34.4 Å². The molecule has 1 N–H and O–H groups in total. The van der Waals surface area contributed by atoms with Crippen molar-refractivity contribution in [3.63, 3.8) is 0 Å². The lowest BCUT2D eigenvalue weighted by Gasteiger charge is -2.30. The molecule has 3 aromatic rings. The van der Waals surface area contributed by atoms with Crippen LogP contribution in [0.2, 0.25) is 5.02 Å². The van der Waals surface area contributed by atoms with Crippen molar-refractivity contribution in [1.82, 2.24) is 9.29 Å². The molecule has 190 valence electrons. The molecule has 0 saturated carbocycles. The van der Waals surface area contributed by atoms with E-state index in [0.29, 0.717) is 36.2 Å². The fourth-order valence-electron chi connectivity index (χ4n) is 5.09. The molecule has 1 fully saturated rings. The van der Waals surface area contributed by atoms with Crippen molar-refractivity contribution in [3.05, 3.63) is 99.3 Å². The highest BCUT2D eigenvalue weighted by Crippen LogP contribution is 2.35. The number of oxime groups is 1. The minimum Gasteiger partial charge on any atom is -0.411 e. The maximum Gasteiger partial charge on any atom is 0.211 e. The van der Waals surface area contributed by atoms with Crippen molar-refractivity contribution in [2.24, 2.45) is 5.16 Å². The predicted molar refractivity (Wildman–Crippen MR) is 145 cm³/mol. The van der Waals surface area contributed by atoms with E-state index in [4.69, 9.17) is 11.6 Å². The lowest BCUT2D eigenvalue weighted by atomic mass is 9.82. The molecule has 0 bridgehead atoms. The van der Waals surface area contributed by atoms with E-state index in [1.807, 2.05) is 44.2 Å². The molecule has 8 heteroatoms. The van der Waals surface area contributed by atoms with Crippen molar-refractivity contribution >= 4 is 27.3 Å². The van der Waals surface area contributed by atoms with Gasteiger partial charge in [-0.2, -0.15) is 0 Å². The molecule has 1 atom stereocenters. The molecule has 1 aromatic heterocycles. The van der Waals surface area contributed by atoms with Crippen molar-refractivity contribution < 1.29 is 13.6 Å². The maximum absolute atomic E-state index is 11.9. The largest absolute Gasteiger partial charge is 0.411 e. The highest BCUT2D eigenvalue weighted by atomic mass is 35.5. The molecule has 0 radical (unpaired) electrons. The first-order valence-electron chi connectivity index (χ1n) is 12.1. The zero-order valence-electron chi connectivity index (χ0n) is 20.9. The van der Waals surface area contributed by atoms with Crippen molar-refractivity contribution in [3.8, 4) is 0 Å². The molecule has 36 heavy (non-hydrogen) atoms. The van der Waals surface area contributed by atoms with E-state index in [-0.39, 0.29) is 5.92 Å². The Morgan fingerprint density at radius 2 is 1.81 bits per heavy atom. The summed E-state index contributed by atoms with van der Waals surface area (Å²) in [6, 6.07) is 18.3. The normalized spacial score (nSPS) is 16.7. The Morgan fingerprint density at radius 1 is 1.11 bits per heavy atom. The molecule has 0 amide bonds. The molecule has 0 aliphatic carbocycles. The molecule has 0 spiro atoms. The monoisotopic (exact) mass is 525 g/mol. The molecular formula is C28H32ClN3O3S. The van der Waals surface area contributed by atoms with Gasteiger partial charge < -0.3 is 5.21 Å². The summed E-state index contributed by atoms with van der Waals surface area (Å²) < 4.78 is 25.3. The van der Waals surface area contributed by atoms with E-state index in [1.165, 1.54) is 11.8 Å². The van der Waals surface area contributed by atoms with Gasteiger partial charge >= 0.3 is 0 Å². The Balaban J connectivity index is 1.62. The predicted octanol–water partition coefficient (Wildman–Crippen LogP) is 5.89. The van der Waals surface area contributed by atoms with Gasteiger partial charge in [0.15, 0.2) is 0 Å². The summed E-state index contributed by atoms with van der Waals surface area (Å²) in [7, 11) is -3.14. The Labute approximate surface area is 218 Å². The maximum atomic E-state index is 11.9. The van der Waals surface area contributed by atoms with Crippen LogP contribution in [0.3, 0.4) is 0 Å². The van der Waals surface area contributed by atoms with Crippen LogP contribution in [0.25, 0.3) is 0 Å². The van der Waals surface area contributed by atoms with Gasteiger partial charge in [0.2, 0.25) is 10.0 Å². The molecular weight excluding hydrogens is 494 g/mol. The van der Waals surface area contributed by atoms with E-state index in [9.17, 15) is 13.6 Å². The third-order valence-electron chi connectivity index (χ3n) is 7.09. The van der Waals surface area contributed by atoms with E-state index >= 15 is 0 Å². The molecule has 2 heterocycles. The number of hydrogen-bond acceptors (Lipinski definition) is 5. The van der Waals surface area contributed by atoms with Gasteiger partial charge in [-0.15, -0.1) is 0 Å². The lowest BCUT2D eigenvalue weighted by Crippen LogP contribution is -2.37. The summed E-state index contributed by atoms with van der Waals surface area (Å²) in [5, 5.41) is 14.3. The quantitative estimate of drug-likeness (QED) is 0.237. The first-order chi connectivity index (χ1) is 17.2. The van der Waals surface area contributed by atoms with Crippen molar-refractivity contribution in [2.45, 2.75) is 44.9 Å². The molecule has 2 aromatic carbocycles. The minimum absolute atomic E-state index is 0.0391. The van der Waals surface area contributed by atoms with Crippen LogP contribution in [-0.4, -0.2) is 48.0 Å². The molecule has 1 aliphatic rings. The smallest absolute Gasteiger partial charge is 0.211 e. The first-order valence-corrected chi connectivity index (χ1v) is 14.3. The van der Waals surface area contributed by atoms with E-state index < -0.39 is 10.0 Å². The van der Waals surface area contributed by atoms with Crippen LogP contribution in [0.1, 0.15) is 64.6 Å². The standard InChI is InChI=1S/C28H32ClN3O3S/c1-19-16-25(29)8-9-26(19)27(18-28(31-33)24-10-13-30-20(2)17-24)23-6-4-21(5-7-23)22-11-14-32(15-12-22)36(3,34)35/h4-10,13,16-17,22,27,33H,11-12,14-15,18H2,1-3H3/b31-28-/t27-/m1/s1. The fraction of sp³-hybridized carbons (Fsp3) is 0.357. The summed E-state index contributed by atoms with van der Waals surface area (Å²) in [6.07, 6.45) is 5.14. The Kier molecular flexibility index (Phi) is 8.13. The summed E-state index contributed by atoms with van der Waals surface area (Å²) >= 11 is 6.25. The fourth-order valence-corrected chi connectivity index (χ4v) is 6.19. The van der Waals surface area contributed by atoms with Gasteiger partial charge in [-0.05, 0) is 79.1 Å². The summed E-state index contributed by atoms with van der Waals surface area (Å²) in [6.45, 7) is 5.07. The summed E-state index contributed by atoms with van der Waals surface area (Å²) in [5.41, 5.74) is 6.84. The van der Waals surface area contributed by atoms with Crippen LogP contribution in [0.15, 0.2) is 65.9 Å². The van der Waals surface area contributed by atoms with Gasteiger partial charge in [0, 0.05) is 47.9 Å². The SMILES string of the molecule is Cc1cc(/C(C[C@H](c2ccc(C3CCN(S(C)(=O)=O)CC3)cc2)c2ccc(Cl)cc2C)=N\O)ccn1. The number of pyridine rings is 1. The van der Waals surface area contributed by atoms with E-state index in [1.54, 1.807) is 10.5 Å². The highest BCUT2D eigenvalue weighted by molar-refractivity contribution is 7.88. The number of rotatable bonds is 7. The van der Waals surface area contributed by atoms with Gasteiger partial charge in [-0.3, -0.25) is 4.98 Å². The van der Waals surface area contributed by atoms with Crippen molar-refractivity contribution in [1.29, 1.82) is 0 Å². The Morgan fingerprint density at radius 3 is 2.39 bits per heavy atom. The first kappa shape index (κ1) is 26.3. The Hall–Kier alpha value is -2.74. The third kappa shape index (κ3) is 6.14. The third-order valence-corrected chi connectivity index (χ3v) is 8.63. The van der Waals surface area contributed by atoms with Crippen LogP contribution in [0.5, 0.6) is 0 Å².